The van der Waals surface area contributed by atoms with E-state index >= 15 is 0 Å². The SMILES string of the molecule is CC(=O)N1CCN([C@@H](C)C(=O)NC(=O)NC(C)(C)C)CC1. The molecule has 0 bridgehead atoms. The van der Waals surface area contributed by atoms with E-state index in [1.807, 2.05) is 25.7 Å². The van der Waals surface area contributed by atoms with Gasteiger partial charge in [0, 0.05) is 38.6 Å². The average Bonchev–Trinajstić information content (AvgIpc) is 2.35. The maximum absolute atomic E-state index is 12.1. The Morgan fingerprint density at radius 3 is 2.00 bits per heavy atom. The molecule has 1 atom stereocenters. The Kier molecular flexibility index (Phi) is 5.71. The monoisotopic (exact) mass is 298 g/mol. The molecule has 0 aromatic carbocycles. The van der Waals surface area contributed by atoms with Crippen molar-refractivity contribution in [3.63, 3.8) is 0 Å². The first-order chi connectivity index (χ1) is 9.60. The molecular formula is C14H26N4O3. The van der Waals surface area contributed by atoms with E-state index in [1.54, 1.807) is 18.7 Å². The fraction of sp³-hybridized carbons (Fsp3) is 0.786. The Hall–Kier alpha value is -1.63. The molecule has 7 heteroatoms. The van der Waals surface area contributed by atoms with Crippen LogP contribution in [0, 0.1) is 0 Å². The van der Waals surface area contributed by atoms with Crippen molar-refractivity contribution in [2.24, 2.45) is 0 Å². The molecule has 1 heterocycles. The number of rotatable bonds is 2. The van der Waals surface area contributed by atoms with Crippen LogP contribution in [0.2, 0.25) is 0 Å². The van der Waals surface area contributed by atoms with Crippen LogP contribution in [0.3, 0.4) is 0 Å². The highest BCUT2D eigenvalue weighted by Gasteiger charge is 2.27. The standard InChI is InChI=1S/C14H26N4O3/c1-10(12(20)15-13(21)16-14(3,4)5)17-6-8-18(9-7-17)11(2)19/h10H,6-9H2,1-5H3,(H2,15,16,20,21)/t10-/m0/s1. The number of nitrogens with zero attached hydrogens (tertiary/aromatic N) is 2. The summed E-state index contributed by atoms with van der Waals surface area (Å²) in [5, 5.41) is 5.04. The summed E-state index contributed by atoms with van der Waals surface area (Å²) in [6.45, 7) is 11.3. The van der Waals surface area contributed by atoms with Crippen LogP contribution in [0.1, 0.15) is 34.6 Å². The zero-order valence-electron chi connectivity index (χ0n) is 13.5. The number of carbonyl (C=O) groups is 3. The molecule has 1 rings (SSSR count). The van der Waals surface area contributed by atoms with Gasteiger partial charge in [0.2, 0.25) is 11.8 Å². The number of amides is 4. The molecule has 0 aromatic heterocycles. The van der Waals surface area contributed by atoms with Crippen molar-refractivity contribution < 1.29 is 14.4 Å². The van der Waals surface area contributed by atoms with Crippen molar-refractivity contribution in [2.45, 2.75) is 46.2 Å². The highest BCUT2D eigenvalue weighted by atomic mass is 16.2. The lowest BCUT2D eigenvalue weighted by atomic mass is 10.1. The fourth-order valence-electron chi connectivity index (χ4n) is 2.18. The van der Waals surface area contributed by atoms with Crippen molar-refractivity contribution in [3.8, 4) is 0 Å². The van der Waals surface area contributed by atoms with Gasteiger partial charge in [-0.15, -0.1) is 0 Å². The predicted octanol–water partition coefficient (Wildman–Crippen LogP) is 0.163. The van der Waals surface area contributed by atoms with Crippen LogP contribution < -0.4 is 10.6 Å². The summed E-state index contributed by atoms with van der Waals surface area (Å²) in [5.41, 5.74) is -0.388. The molecular weight excluding hydrogens is 272 g/mol. The summed E-state index contributed by atoms with van der Waals surface area (Å²) >= 11 is 0. The van der Waals surface area contributed by atoms with Crippen LogP contribution in [0.4, 0.5) is 4.79 Å². The van der Waals surface area contributed by atoms with Crippen LogP contribution >= 0.6 is 0 Å². The number of nitrogens with one attached hydrogen (secondary N) is 2. The second kappa shape index (κ2) is 6.89. The Balaban J connectivity index is 2.45. The Morgan fingerprint density at radius 1 is 1.05 bits per heavy atom. The minimum Gasteiger partial charge on any atom is -0.340 e. The average molecular weight is 298 g/mol. The third-order valence-electron chi connectivity index (χ3n) is 3.41. The van der Waals surface area contributed by atoms with Crippen molar-refractivity contribution in [3.05, 3.63) is 0 Å². The number of hydrogen-bond acceptors (Lipinski definition) is 4. The Morgan fingerprint density at radius 2 is 1.57 bits per heavy atom. The smallest absolute Gasteiger partial charge is 0.321 e. The summed E-state index contributed by atoms with van der Waals surface area (Å²) in [7, 11) is 0. The molecule has 1 fully saturated rings. The van der Waals surface area contributed by atoms with Crippen LogP contribution in [-0.2, 0) is 9.59 Å². The molecule has 1 saturated heterocycles. The summed E-state index contributed by atoms with van der Waals surface area (Å²) in [4.78, 5) is 38.7. The molecule has 0 radical (unpaired) electrons. The van der Waals surface area contributed by atoms with Gasteiger partial charge in [0.15, 0.2) is 0 Å². The second-order valence-electron chi connectivity index (χ2n) is 6.41. The molecule has 0 unspecified atom stereocenters. The van der Waals surface area contributed by atoms with Crippen LogP contribution in [0.25, 0.3) is 0 Å². The van der Waals surface area contributed by atoms with E-state index < -0.39 is 12.1 Å². The first-order valence-electron chi connectivity index (χ1n) is 7.23. The van der Waals surface area contributed by atoms with Crippen molar-refractivity contribution in [1.29, 1.82) is 0 Å². The van der Waals surface area contributed by atoms with Crippen molar-refractivity contribution >= 4 is 17.8 Å². The van der Waals surface area contributed by atoms with E-state index in [0.29, 0.717) is 26.2 Å². The van der Waals surface area contributed by atoms with Gasteiger partial charge in [-0.1, -0.05) is 0 Å². The van der Waals surface area contributed by atoms with Gasteiger partial charge in [-0.2, -0.15) is 0 Å². The van der Waals surface area contributed by atoms with E-state index in [0.717, 1.165) is 0 Å². The van der Waals surface area contributed by atoms with Gasteiger partial charge in [0.1, 0.15) is 0 Å². The number of piperazine rings is 1. The van der Waals surface area contributed by atoms with E-state index in [-0.39, 0.29) is 17.4 Å². The molecule has 4 amide bonds. The van der Waals surface area contributed by atoms with Crippen molar-refractivity contribution in [1.82, 2.24) is 20.4 Å². The van der Waals surface area contributed by atoms with Crippen molar-refractivity contribution in [2.75, 3.05) is 26.2 Å². The molecule has 7 nitrogen and oxygen atoms in total. The van der Waals surface area contributed by atoms with Gasteiger partial charge in [-0.3, -0.25) is 19.8 Å². The zero-order valence-corrected chi connectivity index (χ0v) is 13.5. The van der Waals surface area contributed by atoms with E-state index in [1.165, 1.54) is 0 Å². The van der Waals surface area contributed by atoms with E-state index in [2.05, 4.69) is 10.6 Å². The largest absolute Gasteiger partial charge is 0.340 e. The molecule has 0 aromatic rings. The van der Waals surface area contributed by atoms with Gasteiger partial charge >= 0.3 is 6.03 Å². The molecule has 1 aliphatic rings. The summed E-state index contributed by atoms with van der Waals surface area (Å²) in [6.07, 6.45) is 0. The number of carbonyl (C=O) groups excluding carboxylic acids is 3. The summed E-state index contributed by atoms with van der Waals surface area (Å²) in [6, 6.07) is -0.883. The Labute approximate surface area is 126 Å². The molecule has 0 saturated carbocycles. The lowest BCUT2D eigenvalue weighted by Gasteiger charge is -2.37. The highest BCUT2D eigenvalue weighted by molar-refractivity contribution is 5.97. The zero-order chi connectivity index (χ0) is 16.2. The van der Waals surface area contributed by atoms with Gasteiger partial charge < -0.3 is 10.2 Å². The number of imide groups is 1. The first kappa shape index (κ1) is 17.4. The summed E-state index contributed by atoms with van der Waals surface area (Å²) in [5.74, 6) is -0.274. The van der Waals surface area contributed by atoms with Crippen LogP contribution in [-0.4, -0.2) is 65.4 Å². The lowest BCUT2D eigenvalue weighted by molar-refractivity contribution is -0.132. The normalized spacial score (nSPS) is 18.0. The minimum absolute atomic E-state index is 0.0521. The first-order valence-corrected chi connectivity index (χ1v) is 7.23. The van der Waals surface area contributed by atoms with Crippen LogP contribution in [0.5, 0.6) is 0 Å². The van der Waals surface area contributed by atoms with Gasteiger partial charge in [-0.25, -0.2) is 4.79 Å². The fourth-order valence-corrected chi connectivity index (χ4v) is 2.18. The van der Waals surface area contributed by atoms with Gasteiger partial charge in [0.25, 0.3) is 0 Å². The number of hydrogen-bond donors (Lipinski definition) is 2. The molecule has 21 heavy (non-hydrogen) atoms. The lowest BCUT2D eigenvalue weighted by Crippen LogP contribution is -2.57. The van der Waals surface area contributed by atoms with Crippen LogP contribution in [0.15, 0.2) is 0 Å². The topological polar surface area (TPSA) is 81.8 Å². The maximum Gasteiger partial charge on any atom is 0.321 e. The predicted molar refractivity (Wildman–Crippen MR) is 79.7 cm³/mol. The van der Waals surface area contributed by atoms with E-state index in [4.69, 9.17) is 0 Å². The molecule has 1 aliphatic heterocycles. The molecule has 120 valence electrons. The quantitative estimate of drug-likeness (QED) is 0.761. The van der Waals surface area contributed by atoms with Gasteiger partial charge in [-0.05, 0) is 27.7 Å². The second-order valence-corrected chi connectivity index (χ2v) is 6.41. The van der Waals surface area contributed by atoms with E-state index in [9.17, 15) is 14.4 Å². The third kappa shape index (κ3) is 5.71. The summed E-state index contributed by atoms with van der Waals surface area (Å²) < 4.78 is 0. The third-order valence-corrected chi connectivity index (χ3v) is 3.41. The Bertz CT molecular complexity index is 409. The molecule has 0 aliphatic carbocycles. The number of urea groups is 1. The maximum atomic E-state index is 12.1. The highest BCUT2D eigenvalue weighted by Crippen LogP contribution is 2.07. The molecule has 0 spiro atoms. The minimum atomic E-state index is -0.485. The molecule has 2 N–H and O–H groups in total. The van der Waals surface area contributed by atoms with Gasteiger partial charge in [0.05, 0.1) is 6.04 Å².